The maximum atomic E-state index is 12.6. The number of carbonyl (C=O) groups excluding carboxylic acids is 4. The van der Waals surface area contributed by atoms with Gasteiger partial charge in [0.15, 0.2) is 23.1 Å². The van der Waals surface area contributed by atoms with Crippen molar-refractivity contribution >= 4 is 23.1 Å². The summed E-state index contributed by atoms with van der Waals surface area (Å²) in [5, 5.41) is 3.19. The van der Waals surface area contributed by atoms with Gasteiger partial charge in [-0.1, -0.05) is 27.7 Å². The topological polar surface area (TPSA) is 110 Å². The number of nitrogens with zero attached hydrogens (tertiary/aromatic N) is 1. The largest absolute Gasteiger partial charge is 0.386 e. The molecule has 0 radical (unpaired) electrons. The van der Waals surface area contributed by atoms with Gasteiger partial charge in [-0.3, -0.25) is 19.2 Å². The Hall–Kier alpha value is -2.28. The Balaban J connectivity index is 2.13. The maximum absolute atomic E-state index is 12.6. The zero-order valence-electron chi connectivity index (χ0n) is 19.8. The molecule has 172 valence electrons. The zero-order valence-corrected chi connectivity index (χ0v) is 19.8. The van der Waals surface area contributed by atoms with Gasteiger partial charge in [0.2, 0.25) is 0 Å². The summed E-state index contributed by atoms with van der Waals surface area (Å²) in [7, 11) is 0. The number of nitrogens with one attached hydrogen (secondary N) is 1. The smallest absolute Gasteiger partial charge is 0.168 e. The van der Waals surface area contributed by atoms with E-state index in [0.29, 0.717) is 63.3 Å². The fourth-order valence-electron chi connectivity index (χ4n) is 4.58. The summed E-state index contributed by atoms with van der Waals surface area (Å²) >= 11 is 0. The van der Waals surface area contributed by atoms with Crippen LogP contribution in [0.4, 0.5) is 0 Å². The molecule has 2 aliphatic rings. The first-order chi connectivity index (χ1) is 14.3. The fourth-order valence-corrected chi connectivity index (χ4v) is 4.58. The first kappa shape index (κ1) is 25.0. The van der Waals surface area contributed by atoms with E-state index in [9.17, 15) is 19.2 Å². The molecule has 3 N–H and O–H groups in total. The third kappa shape index (κ3) is 6.12. The van der Waals surface area contributed by atoms with Crippen LogP contribution in [0.5, 0.6) is 0 Å². The van der Waals surface area contributed by atoms with Gasteiger partial charge in [-0.2, -0.15) is 0 Å². The Bertz CT molecular complexity index is 805. The molecule has 0 aromatic heterocycles. The van der Waals surface area contributed by atoms with Crippen LogP contribution in [-0.4, -0.2) is 54.2 Å². The third-order valence-electron chi connectivity index (χ3n) is 6.05. The lowest BCUT2D eigenvalue weighted by Gasteiger charge is -2.33. The summed E-state index contributed by atoms with van der Waals surface area (Å²) in [6, 6.07) is 0. The van der Waals surface area contributed by atoms with Gasteiger partial charge in [-0.05, 0) is 24.7 Å². The summed E-state index contributed by atoms with van der Waals surface area (Å²) in [6.07, 6.45) is 1.42. The highest BCUT2D eigenvalue weighted by atomic mass is 16.2. The molecular weight excluding hydrogens is 394 g/mol. The molecule has 31 heavy (non-hydrogen) atoms. The lowest BCUT2D eigenvalue weighted by molar-refractivity contribution is -0.129. The van der Waals surface area contributed by atoms with Crippen LogP contribution in [0.15, 0.2) is 22.5 Å². The predicted octanol–water partition coefficient (Wildman–Crippen LogP) is 2.30. The van der Waals surface area contributed by atoms with E-state index in [-0.39, 0.29) is 45.1 Å². The van der Waals surface area contributed by atoms with Crippen LogP contribution in [-0.2, 0) is 19.2 Å². The van der Waals surface area contributed by atoms with Crippen LogP contribution in [0.1, 0.15) is 67.2 Å². The van der Waals surface area contributed by atoms with Crippen molar-refractivity contribution in [3.63, 3.8) is 0 Å². The van der Waals surface area contributed by atoms with Gasteiger partial charge in [0.25, 0.3) is 0 Å². The average molecular weight is 432 g/mol. The number of hydrogen-bond acceptors (Lipinski definition) is 7. The van der Waals surface area contributed by atoms with Gasteiger partial charge >= 0.3 is 0 Å². The van der Waals surface area contributed by atoms with Crippen LogP contribution in [0.2, 0.25) is 0 Å². The van der Waals surface area contributed by atoms with E-state index in [4.69, 9.17) is 5.73 Å². The van der Waals surface area contributed by atoms with Gasteiger partial charge in [0.1, 0.15) is 0 Å². The monoisotopic (exact) mass is 431 g/mol. The van der Waals surface area contributed by atoms with Crippen molar-refractivity contribution in [3.8, 4) is 0 Å². The van der Waals surface area contributed by atoms with Crippen molar-refractivity contribution in [2.75, 3.05) is 26.2 Å². The molecule has 0 bridgehead atoms. The third-order valence-corrected chi connectivity index (χ3v) is 6.05. The average Bonchev–Trinajstić information content (AvgIpc) is 2.57. The normalized spacial score (nSPS) is 20.7. The number of hydrogen-bond donors (Lipinski definition) is 2. The van der Waals surface area contributed by atoms with E-state index in [2.05, 4.69) is 5.32 Å². The Labute approximate surface area is 185 Å². The minimum atomic E-state index is -0.310. The van der Waals surface area contributed by atoms with E-state index in [0.717, 1.165) is 0 Å². The molecule has 7 nitrogen and oxygen atoms in total. The molecule has 0 aromatic carbocycles. The van der Waals surface area contributed by atoms with Crippen molar-refractivity contribution in [3.05, 3.63) is 22.5 Å². The molecule has 2 rings (SSSR count). The van der Waals surface area contributed by atoms with Crippen molar-refractivity contribution in [1.29, 1.82) is 0 Å². The van der Waals surface area contributed by atoms with Crippen molar-refractivity contribution in [2.24, 2.45) is 16.6 Å². The van der Waals surface area contributed by atoms with Crippen LogP contribution in [0.3, 0.4) is 0 Å². The van der Waals surface area contributed by atoms with Crippen LogP contribution in [0.25, 0.3) is 0 Å². The molecule has 0 amide bonds. The van der Waals surface area contributed by atoms with Gasteiger partial charge in [0.05, 0.1) is 11.1 Å². The van der Waals surface area contributed by atoms with E-state index in [1.165, 1.54) is 0 Å². The lowest BCUT2D eigenvalue weighted by atomic mass is 9.73. The highest BCUT2D eigenvalue weighted by Gasteiger charge is 2.38. The van der Waals surface area contributed by atoms with Gasteiger partial charge in [-0.25, -0.2) is 0 Å². The minimum absolute atomic E-state index is 0.118. The Morgan fingerprint density at radius 1 is 0.806 bits per heavy atom. The molecule has 0 aromatic rings. The Kier molecular flexibility index (Phi) is 7.63. The van der Waals surface area contributed by atoms with Gasteiger partial charge < -0.3 is 16.0 Å². The van der Waals surface area contributed by atoms with Crippen LogP contribution in [0, 0.1) is 10.8 Å². The van der Waals surface area contributed by atoms with E-state index >= 15 is 0 Å². The lowest BCUT2D eigenvalue weighted by Crippen LogP contribution is -2.39. The van der Waals surface area contributed by atoms with Gasteiger partial charge in [-0.15, -0.1) is 0 Å². The molecule has 7 heteroatoms. The summed E-state index contributed by atoms with van der Waals surface area (Å²) in [4.78, 5) is 52.2. The molecule has 0 aliphatic heterocycles. The number of allylic oxidation sites excluding steroid dienone is 4. The molecule has 0 heterocycles. The summed E-state index contributed by atoms with van der Waals surface area (Å²) in [5.41, 5.74) is 6.93. The minimum Gasteiger partial charge on any atom is -0.386 e. The second kappa shape index (κ2) is 9.47. The van der Waals surface area contributed by atoms with Crippen molar-refractivity contribution in [2.45, 2.75) is 67.2 Å². The van der Waals surface area contributed by atoms with E-state index in [1.807, 2.05) is 32.6 Å². The fraction of sp³-hybridized carbons (Fsp3) is 0.667. The highest BCUT2D eigenvalue weighted by Crippen LogP contribution is 2.35. The van der Waals surface area contributed by atoms with Crippen molar-refractivity contribution in [1.82, 2.24) is 10.2 Å². The summed E-state index contributed by atoms with van der Waals surface area (Å²) in [5.74, 6) is -0.477. The standard InChI is InChI=1S/C24H37N3O4/c1-15(21-17(28)11-23(3,4)12-18(21)29)26-8-10-27(9-7-25)16(2)22-19(30)13-24(5,6)14-20(22)31/h26H,7-14,25H2,1-6H3. The number of nitrogens with two attached hydrogens (primary N) is 1. The molecule has 0 unspecified atom stereocenters. The second-order valence-corrected chi connectivity index (χ2v) is 10.4. The number of carbonyl (C=O) groups is 4. The van der Waals surface area contributed by atoms with Gasteiger partial charge in [0, 0.05) is 63.3 Å². The number of Topliss-reactive ketones (excluding diaryl/α,β-unsaturated/α-hetero) is 4. The Morgan fingerprint density at radius 2 is 1.23 bits per heavy atom. The number of ketones is 4. The molecular formula is C24H37N3O4. The molecule has 2 aliphatic carbocycles. The predicted molar refractivity (Wildman–Crippen MR) is 120 cm³/mol. The van der Waals surface area contributed by atoms with Crippen molar-refractivity contribution < 1.29 is 19.2 Å². The first-order valence-electron chi connectivity index (χ1n) is 11.0. The summed E-state index contributed by atoms with van der Waals surface area (Å²) in [6.45, 7) is 13.1. The summed E-state index contributed by atoms with van der Waals surface area (Å²) < 4.78 is 0. The Morgan fingerprint density at radius 3 is 1.65 bits per heavy atom. The molecule has 0 spiro atoms. The maximum Gasteiger partial charge on any atom is 0.168 e. The van der Waals surface area contributed by atoms with Crippen LogP contribution < -0.4 is 11.1 Å². The molecule has 0 saturated heterocycles. The SMILES string of the molecule is CC(NCCN(CCN)C(C)=C1C(=O)CC(C)(C)CC1=O)=C1C(=O)CC(C)(C)CC1=O. The van der Waals surface area contributed by atoms with E-state index < -0.39 is 0 Å². The van der Waals surface area contributed by atoms with E-state index in [1.54, 1.807) is 13.8 Å². The zero-order chi connectivity index (χ0) is 23.6. The number of rotatable bonds is 7. The molecule has 2 saturated carbocycles. The van der Waals surface area contributed by atoms with Crippen LogP contribution >= 0.6 is 0 Å². The quantitative estimate of drug-likeness (QED) is 0.470. The second-order valence-electron chi connectivity index (χ2n) is 10.4. The highest BCUT2D eigenvalue weighted by molar-refractivity contribution is 6.23. The molecule has 0 atom stereocenters. The molecule has 2 fully saturated rings. The first-order valence-corrected chi connectivity index (χ1v) is 11.0.